The van der Waals surface area contributed by atoms with E-state index in [1.807, 2.05) is 0 Å². The Hall–Kier alpha value is -1.69. The molecule has 6 heteroatoms. The Balaban J connectivity index is 1.88. The summed E-state index contributed by atoms with van der Waals surface area (Å²) in [6, 6.07) is 2.89. The number of hydrogen-bond donors (Lipinski definition) is 2. The highest BCUT2D eigenvalue weighted by molar-refractivity contribution is 8.14. The van der Waals surface area contributed by atoms with Gasteiger partial charge in [0.25, 0.3) is 0 Å². The standard InChI is InChI=1S/C9H8N2O3S/c12-8-4-6(5-15-8)10-9(13)11-7-2-1-3-14-7/h1-4H,5H2,(H2,10,11,13). The number of furan rings is 1. The molecule has 0 bridgehead atoms. The molecule has 2 amide bonds. The molecule has 15 heavy (non-hydrogen) atoms. The van der Waals surface area contributed by atoms with E-state index >= 15 is 0 Å². The second kappa shape index (κ2) is 4.22. The van der Waals surface area contributed by atoms with Crippen molar-refractivity contribution in [2.45, 2.75) is 0 Å². The normalized spacial score (nSPS) is 14.9. The van der Waals surface area contributed by atoms with Crippen LogP contribution in [-0.4, -0.2) is 16.9 Å². The molecule has 0 unspecified atom stereocenters. The Morgan fingerprint density at radius 3 is 2.93 bits per heavy atom. The summed E-state index contributed by atoms with van der Waals surface area (Å²) in [7, 11) is 0. The Bertz CT molecular complexity index is 411. The molecule has 1 aromatic heterocycles. The first kappa shape index (κ1) is 9.85. The number of amides is 2. The molecule has 2 heterocycles. The van der Waals surface area contributed by atoms with Gasteiger partial charge in [0.2, 0.25) is 11.0 Å². The lowest BCUT2D eigenvalue weighted by Crippen LogP contribution is -2.28. The van der Waals surface area contributed by atoms with Crippen molar-refractivity contribution in [2.75, 3.05) is 11.1 Å². The maximum Gasteiger partial charge on any atom is 0.325 e. The first-order valence-electron chi connectivity index (χ1n) is 4.23. The third-order valence-electron chi connectivity index (χ3n) is 1.69. The molecule has 0 radical (unpaired) electrons. The van der Waals surface area contributed by atoms with Gasteiger partial charge in [0.1, 0.15) is 0 Å². The molecule has 2 rings (SSSR count). The molecule has 0 saturated heterocycles. The predicted octanol–water partition coefficient (Wildman–Crippen LogP) is 1.56. The van der Waals surface area contributed by atoms with Gasteiger partial charge in [-0.25, -0.2) is 4.79 Å². The molecule has 5 nitrogen and oxygen atoms in total. The maximum atomic E-state index is 11.3. The smallest absolute Gasteiger partial charge is 0.325 e. The van der Waals surface area contributed by atoms with Gasteiger partial charge in [0.15, 0.2) is 0 Å². The van der Waals surface area contributed by atoms with Gasteiger partial charge in [-0.05, 0) is 6.07 Å². The summed E-state index contributed by atoms with van der Waals surface area (Å²) in [6.07, 6.45) is 2.87. The molecule has 0 aliphatic carbocycles. The van der Waals surface area contributed by atoms with Crippen LogP contribution in [0.1, 0.15) is 0 Å². The van der Waals surface area contributed by atoms with Crippen molar-refractivity contribution in [1.82, 2.24) is 5.32 Å². The Kier molecular flexibility index (Phi) is 2.77. The molecular formula is C9H8N2O3S. The number of nitrogens with one attached hydrogen (secondary N) is 2. The van der Waals surface area contributed by atoms with Crippen molar-refractivity contribution in [1.29, 1.82) is 0 Å². The van der Waals surface area contributed by atoms with Gasteiger partial charge in [-0.3, -0.25) is 10.1 Å². The summed E-state index contributed by atoms with van der Waals surface area (Å²) in [5.41, 5.74) is 0.606. The van der Waals surface area contributed by atoms with Crippen LogP contribution < -0.4 is 10.6 Å². The molecule has 2 N–H and O–H groups in total. The van der Waals surface area contributed by atoms with Crippen LogP contribution in [0.5, 0.6) is 0 Å². The number of anilines is 1. The van der Waals surface area contributed by atoms with Crippen LogP contribution in [0.2, 0.25) is 0 Å². The van der Waals surface area contributed by atoms with Crippen molar-refractivity contribution in [3.63, 3.8) is 0 Å². The minimum atomic E-state index is -0.411. The van der Waals surface area contributed by atoms with Crippen molar-refractivity contribution in [3.8, 4) is 0 Å². The van der Waals surface area contributed by atoms with E-state index in [-0.39, 0.29) is 5.12 Å². The van der Waals surface area contributed by atoms with Crippen LogP contribution in [-0.2, 0) is 4.79 Å². The molecule has 0 spiro atoms. The van der Waals surface area contributed by atoms with E-state index in [0.717, 1.165) is 11.8 Å². The molecule has 0 saturated carbocycles. The third kappa shape index (κ3) is 2.63. The summed E-state index contributed by atoms with van der Waals surface area (Å²) in [6.45, 7) is 0. The van der Waals surface area contributed by atoms with E-state index in [1.165, 1.54) is 12.3 Å². The van der Waals surface area contributed by atoms with Gasteiger partial charge in [0.05, 0.1) is 6.26 Å². The zero-order valence-corrected chi connectivity index (χ0v) is 8.47. The van der Waals surface area contributed by atoms with E-state index in [1.54, 1.807) is 12.1 Å². The minimum absolute atomic E-state index is 0.0386. The molecule has 78 valence electrons. The fourth-order valence-electron chi connectivity index (χ4n) is 1.09. The second-order valence-corrected chi connectivity index (χ2v) is 3.81. The number of rotatable bonds is 2. The van der Waals surface area contributed by atoms with Crippen LogP contribution in [0, 0.1) is 0 Å². The Labute approximate surface area is 89.9 Å². The highest BCUT2D eigenvalue weighted by Gasteiger charge is 2.14. The molecule has 1 aromatic rings. The molecule has 0 fully saturated rings. The van der Waals surface area contributed by atoms with Crippen molar-refractivity contribution < 1.29 is 14.0 Å². The number of thioether (sulfide) groups is 1. The van der Waals surface area contributed by atoms with Crippen LogP contribution >= 0.6 is 11.8 Å². The fraction of sp³-hybridized carbons (Fsp3) is 0.111. The lowest BCUT2D eigenvalue weighted by molar-refractivity contribution is -0.106. The molecular weight excluding hydrogens is 216 g/mol. The van der Waals surface area contributed by atoms with E-state index in [0.29, 0.717) is 17.3 Å². The maximum absolute atomic E-state index is 11.3. The number of urea groups is 1. The van der Waals surface area contributed by atoms with Gasteiger partial charge >= 0.3 is 6.03 Å². The average Bonchev–Trinajstić information content (AvgIpc) is 2.77. The lowest BCUT2D eigenvalue weighted by Gasteiger charge is -2.04. The van der Waals surface area contributed by atoms with Crippen LogP contribution in [0.4, 0.5) is 10.7 Å². The van der Waals surface area contributed by atoms with Crippen molar-refractivity contribution >= 4 is 28.8 Å². The number of carbonyl (C=O) groups is 2. The van der Waals surface area contributed by atoms with Crippen LogP contribution in [0.3, 0.4) is 0 Å². The average molecular weight is 224 g/mol. The summed E-state index contributed by atoms with van der Waals surface area (Å²) in [4.78, 5) is 22.2. The highest BCUT2D eigenvalue weighted by atomic mass is 32.2. The topological polar surface area (TPSA) is 71.3 Å². The number of hydrogen-bond acceptors (Lipinski definition) is 4. The van der Waals surface area contributed by atoms with Crippen LogP contribution in [0.25, 0.3) is 0 Å². The Morgan fingerprint density at radius 1 is 1.47 bits per heavy atom. The summed E-state index contributed by atoms with van der Waals surface area (Å²) >= 11 is 1.16. The largest absolute Gasteiger partial charge is 0.449 e. The van der Waals surface area contributed by atoms with E-state index in [2.05, 4.69) is 10.6 Å². The highest BCUT2D eigenvalue weighted by Crippen LogP contribution is 2.16. The van der Waals surface area contributed by atoms with E-state index in [9.17, 15) is 9.59 Å². The zero-order valence-electron chi connectivity index (χ0n) is 7.65. The van der Waals surface area contributed by atoms with Gasteiger partial charge in [0, 0.05) is 23.6 Å². The number of carbonyl (C=O) groups excluding carboxylic acids is 2. The molecule has 0 aromatic carbocycles. The van der Waals surface area contributed by atoms with Gasteiger partial charge in [-0.2, -0.15) is 0 Å². The van der Waals surface area contributed by atoms with Crippen molar-refractivity contribution in [3.05, 3.63) is 30.2 Å². The first-order chi connectivity index (χ1) is 7.24. The summed E-state index contributed by atoms with van der Waals surface area (Å²) in [5, 5.41) is 5.00. The monoisotopic (exact) mass is 224 g/mol. The van der Waals surface area contributed by atoms with Gasteiger partial charge in [-0.15, -0.1) is 0 Å². The summed E-state index contributed by atoms with van der Waals surface area (Å²) < 4.78 is 4.93. The van der Waals surface area contributed by atoms with E-state index in [4.69, 9.17) is 4.42 Å². The quantitative estimate of drug-likeness (QED) is 0.799. The van der Waals surface area contributed by atoms with Gasteiger partial charge in [-0.1, -0.05) is 11.8 Å². The van der Waals surface area contributed by atoms with E-state index < -0.39 is 6.03 Å². The SMILES string of the molecule is O=C(NC1=CC(=O)SC1)Nc1ccco1. The molecule has 1 aliphatic heterocycles. The second-order valence-electron chi connectivity index (χ2n) is 2.83. The molecule has 0 atom stereocenters. The Morgan fingerprint density at radius 2 is 2.33 bits per heavy atom. The first-order valence-corrected chi connectivity index (χ1v) is 5.21. The van der Waals surface area contributed by atoms with Gasteiger partial charge < -0.3 is 9.73 Å². The summed E-state index contributed by atoms with van der Waals surface area (Å²) in [5.74, 6) is 0.870. The predicted molar refractivity (Wildman–Crippen MR) is 56.4 cm³/mol. The fourth-order valence-corrected chi connectivity index (χ4v) is 1.76. The van der Waals surface area contributed by atoms with Crippen molar-refractivity contribution in [2.24, 2.45) is 0 Å². The minimum Gasteiger partial charge on any atom is -0.449 e. The third-order valence-corrected chi connectivity index (χ3v) is 2.55. The molecule has 1 aliphatic rings. The van der Waals surface area contributed by atoms with Crippen LogP contribution in [0.15, 0.2) is 34.6 Å². The zero-order chi connectivity index (χ0) is 10.7. The lowest BCUT2D eigenvalue weighted by atomic mass is 10.4.